The summed E-state index contributed by atoms with van der Waals surface area (Å²) in [5.41, 5.74) is -0.331. The van der Waals surface area contributed by atoms with Crippen molar-refractivity contribution in [1.82, 2.24) is 9.97 Å². The molecule has 3 rings (SSSR count). The van der Waals surface area contributed by atoms with Crippen molar-refractivity contribution in [3.63, 3.8) is 0 Å². The molecule has 1 amide bonds. The van der Waals surface area contributed by atoms with Gasteiger partial charge in [0.2, 0.25) is 0 Å². The second kappa shape index (κ2) is 7.63. The standard InChI is InChI=1S/C18H12ClF3N4O/c19-14-7-6-12(8-13(14)18(20,21)22)26-17(27)15-9-24-16(10-23-15)25-11-4-2-1-3-5-11/h1-10H,(H,24,25)(H,26,27). The highest BCUT2D eigenvalue weighted by Gasteiger charge is 2.33. The van der Waals surface area contributed by atoms with Gasteiger partial charge in [-0.05, 0) is 30.3 Å². The Morgan fingerprint density at radius 1 is 0.963 bits per heavy atom. The normalized spacial score (nSPS) is 11.1. The summed E-state index contributed by atoms with van der Waals surface area (Å²) in [6.45, 7) is 0. The van der Waals surface area contributed by atoms with Crippen molar-refractivity contribution in [2.75, 3.05) is 10.6 Å². The first-order valence-corrected chi connectivity index (χ1v) is 8.03. The molecule has 5 nitrogen and oxygen atoms in total. The van der Waals surface area contributed by atoms with E-state index < -0.39 is 22.7 Å². The summed E-state index contributed by atoms with van der Waals surface area (Å²) in [5, 5.41) is 4.90. The molecule has 0 aliphatic carbocycles. The summed E-state index contributed by atoms with van der Waals surface area (Å²) in [6, 6.07) is 12.3. The van der Waals surface area contributed by atoms with Gasteiger partial charge in [-0.1, -0.05) is 29.8 Å². The minimum Gasteiger partial charge on any atom is -0.339 e. The van der Waals surface area contributed by atoms with Gasteiger partial charge in [-0.25, -0.2) is 9.97 Å². The quantitative estimate of drug-likeness (QED) is 0.644. The number of benzene rings is 2. The molecule has 1 heterocycles. The number of nitrogens with zero attached hydrogens (tertiary/aromatic N) is 2. The Kier molecular flexibility index (Phi) is 5.27. The van der Waals surface area contributed by atoms with Gasteiger partial charge < -0.3 is 10.6 Å². The summed E-state index contributed by atoms with van der Waals surface area (Å²) < 4.78 is 38.7. The molecule has 0 aliphatic rings. The number of aromatic nitrogens is 2. The zero-order chi connectivity index (χ0) is 19.4. The van der Waals surface area contributed by atoms with Crippen LogP contribution >= 0.6 is 11.6 Å². The highest BCUT2D eigenvalue weighted by molar-refractivity contribution is 6.31. The Labute approximate surface area is 157 Å². The molecule has 0 aliphatic heterocycles. The lowest BCUT2D eigenvalue weighted by Crippen LogP contribution is -2.15. The van der Waals surface area contributed by atoms with Gasteiger partial charge in [0, 0.05) is 11.4 Å². The van der Waals surface area contributed by atoms with Crippen LogP contribution in [-0.4, -0.2) is 15.9 Å². The van der Waals surface area contributed by atoms with Crippen LogP contribution in [0.25, 0.3) is 0 Å². The van der Waals surface area contributed by atoms with Crippen LogP contribution in [0, 0.1) is 0 Å². The van der Waals surface area contributed by atoms with Crippen LogP contribution < -0.4 is 10.6 Å². The maximum absolute atomic E-state index is 12.9. The van der Waals surface area contributed by atoms with Crippen LogP contribution in [0.1, 0.15) is 16.1 Å². The summed E-state index contributed by atoms with van der Waals surface area (Å²) in [7, 11) is 0. The maximum atomic E-state index is 12.9. The molecular formula is C18H12ClF3N4O. The number of nitrogens with one attached hydrogen (secondary N) is 2. The number of halogens is 4. The first-order valence-electron chi connectivity index (χ1n) is 7.65. The van der Waals surface area contributed by atoms with E-state index in [9.17, 15) is 18.0 Å². The minimum atomic E-state index is -4.62. The van der Waals surface area contributed by atoms with Crippen molar-refractivity contribution < 1.29 is 18.0 Å². The molecule has 0 atom stereocenters. The van der Waals surface area contributed by atoms with E-state index in [0.29, 0.717) is 5.82 Å². The fourth-order valence-electron chi connectivity index (χ4n) is 2.19. The van der Waals surface area contributed by atoms with Gasteiger partial charge in [-0.15, -0.1) is 0 Å². The van der Waals surface area contributed by atoms with Crippen LogP contribution in [0.5, 0.6) is 0 Å². The van der Waals surface area contributed by atoms with Gasteiger partial charge >= 0.3 is 6.18 Å². The predicted molar refractivity (Wildman–Crippen MR) is 96.2 cm³/mol. The summed E-state index contributed by atoms with van der Waals surface area (Å²) in [6.07, 6.45) is -2.05. The highest BCUT2D eigenvalue weighted by atomic mass is 35.5. The van der Waals surface area contributed by atoms with E-state index >= 15 is 0 Å². The number of hydrogen-bond donors (Lipinski definition) is 2. The van der Waals surface area contributed by atoms with E-state index in [2.05, 4.69) is 20.6 Å². The van der Waals surface area contributed by atoms with E-state index in [0.717, 1.165) is 17.8 Å². The lowest BCUT2D eigenvalue weighted by Gasteiger charge is -2.11. The number of rotatable bonds is 4. The van der Waals surface area contributed by atoms with Gasteiger partial charge in [-0.2, -0.15) is 13.2 Å². The number of alkyl halides is 3. The molecule has 2 aromatic carbocycles. The largest absolute Gasteiger partial charge is 0.417 e. The molecule has 0 spiro atoms. The molecule has 27 heavy (non-hydrogen) atoms. The fourth-order valence-corrected chi connectivity index (χ4v) is 2.42. The number of carbonyl (C=O) groups is 1. The Balaban J connectivity index is 1.71. The van der Waals surface area contributed by atoms with E-state index in [4.69, 9.17) is 11.6 Å². The number of hydrogen-bond acceptors (Lipinski definition) is 4. The van der Waals surface area contributed by atoms with E-state index in [-0.39, 0.29) is 11.4 Å². The SMILES string of the molecule is O=C(Nc1ccc(Cl)c(C(F)(F)F)c1)c1cnc(Nc2ccccc2)cn1. The molecule has 0 bridgehead atoms. The molecule has 0 radical (unpaired) electrons. The second-order valence-electron chi connectivity index (χ2n) is 5.42. The molecule has 0 saturated carbocycles. The highest BCUT2D eigenvalue weighted by Crippen LogP contribution is 2.36. The minimum absolute atomic E-state index is 0.0443. The summed E-state index contributed by atoms with van der Waals surface area (Å²) in [4.78, 5) is 20.2. The average Bonchev–Trinajstić information content (AvgIpc) is 2.64. The molecule has 1 aromatic heterocycles. The van der Waals surface area contributed by atoms with Crippen molar-refractivity contribution >= 4 is 34.7 Å². The van der Waals surface area contributed by atoms with Gasteiger partial charge in [0.25, 0.3) is 5.91 Å². The van der Waals surface area contributed by atoms with Gasteiger partial charge in [0.15, 0.2) is 0 Å². The van der Waals surface area contributed by atoms with Crippen LogP contribution in [0.2, 0.25) is 5.02 Å². The zero-order valence-electron chi connectivity index (χ0n) is 13.6. The molecule has 0 fully saturated rings. The van der Waals surface area contributed by atoms with Gasteiger partial charge in [-0.3, -0.25) is 4.79 Å². The predicted octanol–water partition coefficient (Wildman–Crippen LogP) is 5.14. The number of para-hydroxylation sites is 1. The van der Waals surface area contributed by atoms with Crippen molar-refractivity contribution in [1.29, 1.82) is 0 Å². The maximum Gasteiger partial charge on any atom is 0.417 e. The van der Waals surface area contributed by atoms with Crippen LogP contribution in [0.15, 0.2) is 60.9 Å². The zero-order valence-corrected chi connectivity index (χ0v) is 14.3. The summed E-state index contributed by atoms with van der Waals surface area (Å²) >= 11 is 5.56. The van der Waals surface area contributed by atoms with E-state index in [1.54, 1.807) is 0 Å². The molecular weight excluding hydrogens is 381 g/mol. The van der Waals surface area contributed by atoms with Crippen LogP contribution in [0.3, 0.4) is 0 Å². The van der Waals surface area contributed by atoms with Crippen molar-refractivity contribution in [3.05, 3.63) is 77.2 Å². The molecule has 0 saturated heterocycles. The van der Waals surface area contributed by atoms with E-state index in [1.807, 2.05) is 30.3 Å². The fraction of sp³-hybridized carbons (Fsp3) is 0.0556. The molecule has 138 valence electrons. The molecule has 3 aromatic rings. The van der Waals surface area contributed by atoms with E-state index in [1.165, 1.54) is 18.5 Å². The smallest absolute Gasteiger partial charge is 0.339 e. The second-order valence-corrected chi connectivity index (χ2v) is 5.83. The van der Waals surface area contributed by atoms with Crippen LogP contribution in [-0.2, 0) is 6.18 Å². The Morgan fingerprint density at radius 2 is 1.70 bits per heavy atom. The Morgan fingerprint density at radius 3 is 2.33 bits per heavy atom. The third kappa shape index (κ3) is 4.73. The molecule has 0 unspecified atom stereocenters. The summed E-state index contributed by atoms with van der Waals surface area (Å²) in [5.74, 6) is -0.271. The first kappa shape index (κ1) is 18.7. The number of amides is 1. The monoisotopic (exact) mass is 392 g/mol. The number of carbonyl (C=O) groups excluding carboxylic acids is 1. The van der Waals surface area contributed by atoms with Gasteiger partial charge in [0.05, 0.1) is 23.0 Å². The van der Waals surface area contributed by atoms with Gasteiger partial charge in [0.1, 0.15) is 11.5 Å². The van der Waals surface area contributed by atoms with Crippen molar-refractivity contribution in [2.24, 2.45) is 0 Å². The van der Waals surface area contributed by atoms with Crippen LogP contribution in [0.4, 0.5) is 30.4 Å². The lowest BCUT2D eigenvalue weighted by molar-refractivity contribution is -0.137. The van der Waals surface area contributed by atoms with Crippen molar-refractivity contribution in [2.45, 2.75) is 6.18 Å². The third-order valence-electron chi connectivity index (χ3n) is 3.46. The number of anilines is 3. The molecule has 2 N–H and O–H groups in total. The molecule has 9 heteroatoms. The van der Waals surface area contributed by atoms with Crippen molar-refractivity contribution in [3.8, 4) is 0 Å². The third-order valence-corrected chi connectivity index (χ3v) is 3.79. The first-order chi connectivity index (χ1) is 12.8. The average molecular weight is 393 g/mol. The lowest BCUT2D eigenvalue weighted by atomic mass is 10.2. The Bertz CT molecular complexity index is 947. The topological polar surface area (TPSA) is 66.9 Å². The Hall–Kier alpha value is -3.13.